The molecule has 1 N–H and O–H groups in total. The fraction of sp³-hybridized carbons (Fsp3) is 0.167. The summed E-state index contributed by atoms with van der Waals surface area (Å²) in [6.45, 7) is 7.73. The molecule has 1 saturated carbocycles. The number of hydrogen-bond acceptors (Lipinski definition) is 1. The van der Waals surface area contributed by atoms with E-state index in [1.807, 2.05) is 75.9 Å². The first-order chi connectivity index (χ1) is 9.01. The van der Waals surface area contributed by atoms with Crippen LogP contribution in [-0.4, -0.2) is 5.11 Å². The summed E-state index contributed by atoms with van der Waals surface area (Å²) in [5.74, 6) is 1.08. The summed E-state index contributed by atoms with van der Waals surface area (Å²) in [5, 5.41) is 10.9. The summed E-state index contributed by atoms with van der Waals surface area (Å²) in [6, 6.07) is 9.68. The molecule has 1 aromatic carbocycles. The minimum absolute atomic E-state index is 0.838. The van der Waals surface area contributed by atoms with E-state index < -0.39 is 5.60 Å². The van der Waals surface area contributed by atoms with Crippen LogP contribution < -0.4 is 0 Å². The highest BCUT2D eigenvalue weighted by Gasteiger charge is 2.29. The monoisotopic (exact) mass is 251 g/mol. The van der Waals surface area contributed by atoms with Crippen molar-refractivity contribution in [1.82, 2.24) is 0 Å². The maximum absolute atomic E-state index is 10.9. The fourth-order valence-corrected chi connectivity index (χ4v) is 2.25. The predicted octanol–water partition coefficient (Wildman–Crippen LogP) is 3.80. The molecule has 97 valence electrons. The van der Waals surface area contributed by atoms with Gasteiger partial charge in [0, 0.05) is 5.92 Å². The van der Waals surface area contributed by atoms with Crippen molar-refractivity contribution in [1.29, 1.82) is 0 Å². The second kappa shape index (κ2) is 5.75. The average molecular weight is 251 g/mol. The van der Waals surface area contributed by atoms with Crippen molar-refractivity contribution in [3.8, 4) is 0 Å². The molecular weight excluding hydrogens is 232 g/mol. The Hall–Kier alpha value is -1.34. The Bertz CT molecular complexity index is 462. The van der Waals surface area contributed by atoms with E-state index in [4.69, 9.17) is 0 Å². The number of allylic oxidation sites excluding steroid dienone is 1. The zero-order valence-electron chi connectivity index (χ0n) is 11.4. The van der Waals surface area contributed by atoms with Gasteiger partial charge in [-0.3, -0.25) is 0 Å². The zero-order chi connectivity index (χ0) is 13.9. The Kier molecular flexibility index (Phi) is 4.26. The molecule has 1 atom stereocenters. The second-order valence-corrected chi connectivity index (χ2v) is 4.99. The second-order valence-electron chi connectivity index (χ2n) is 4.99. The molecule has 0 aliphatic heterocycles. The number of aliphatic hydroxyl groups is 1. The van der Waals surface area contributed by atoms with Crippen molar-refractivity contribution < 1.29 is 5.11 Å². The van der Waals surface area contributed by atoms with Crippen LogP contribution in [0, 0.1) is 31.6 Å². The summed E-state index contributed by atoms with van der Waals surface area (Å²) < 4.78 is 0. The summed E-state index contributed by atoms with van der Waals surface area (Å²) in [7, 11) is 0. The van der Waals surface area contributed by atoms with Crippen molar-refractivity contribution in [2.24, 2.45) is 0 Å². The SMILES string of the molecule is C=C(C)/C(=C\[C]1[CH][CH][CH][CH]1)C(C)(O)c1ccccc1. The van der Waals surface area contributed by atoms with Gasteiger partial charge in [0.2, 0.25) is 0 Å². The first-order valence-electron chi connectivity index (χ1n) is 6.39. The quantitative estimate of drug-likeness (QED) is 0.807. The third kappa shape index (κ3) is 3.16. The van der Waals surface area contributed by atoms with Crippen molar-refractivity contribution in [3.05, 3.63) is 91.3 Å². The molecule has 0 heterocycles. The lowest BCUT2D eigenvalue weighted by atomic mass is 9.82. The first-order valence-corrected chi connectivity index (χ1v) is 6.39. The molecule has 0 spiro atoms. The lowest BCUT2D eigenvalue weighted by Crippen LogP contribution is -2.25. The van der Waals surface area contributed by atoms with E-state index in [9.17, 15) is 5.11 Å². The van der Waals surface area contributed by atoms with Crippen LogP contribution in [0.3, 0.4) is 0 Å². The molecule has 2 rings (SSSR count). The van der Waals surface area contributed by atoms with E-state index >= 15 is 0 Å². The van der Waals surface area contributed by atoms with Crippen LogP contribution in [0.5, 0.6) is 0 Å². The number of hydrogen-bond donors (Lipinski definition) is 1. The molecule has 0 bridgehead atoms. The lowest BCUT2D eigenvalue weighted by Gasteiger charge is -2.28. The number of benzene rings is 1. The van der Waals surface area contributed by atoms with Gasteiger partial charge < -0.3 is 5.11 Å². The topological polar surface area (TPSA) is 20.2 Å². The van der Waals surface area contributed by atoms with Crippen LogP contribution in [0.1, 0.15) is 19.4 Å². The Balaban J connectivity index is 2.35. The Morgan fingerprint density at radius 3 is 2.26 bits per heavy atom. The van der Waals surface area contributed by atoms with Gasteiger partial charge in [0.05, 0.1) is 0 Å². The summed E-state index contributed by atoms with van der Waals surface area (Å²) in [4.78, 5) is 0. The third-order valence-electron chi connectivity index (χ3n) is 3.32. The van der Waals surface area contributed by atoms with Crippen LogP contribution in [-0.2, 0) is 5.60 Å². The van der Waals surface area contributed by atoms with Gasteiger partial charge in [0.25, 0.3) is 0 Å². The van der Waals surface area contributed by atoms with Crippen LogP contribution in [0.25, 0.3) is 0 Å². The minimum Gasteiger partial charge on any atom is -0.381 e. The molecule has 1 heteroatoms. The van der Waals surface area contributed by atoms with Crippen molar-refractivity contribution in [2.75, 3.05) is 0 Å². The Labute approximate surface area is 116 Å². The van der Waals surface area contributed by atoms with E-state index in [1.54, 1.807) is 0 Å². The van der Waals surface area contributed by atoms with Crippen molar-refractivity contribution >= 4 is 0 Å². The molecule has 1 unspecified atom stereocenters. The van der Waals surface area contributed by atoms with Gasteiger partial charge in [-0.2, -0.15) is 0 Å². The maximum Gasteiger partial charge on any atom is 0.112 e. The van der Waals surface area contributed by atoms with Crippen LogP contribution in [0.2, 0.25) is 0 Å². The number of rotatable bonds is 4. The highest BCUT2D eigenvalue weighted by atomic mass is 16.3. The standard InChI is InChI=1S/C18H19O/c1-14(2)17(13-15-9-7-8-10-15)18(3,19)16-11-5-4-6-12-16/h4-13,19H,1H2,2-3H3/b17-13+. The average Bonchev–Trinajstić information content (AvgIpc) is 2.89. The van der Waals surface area contributed by atoms with Crippen LogP contribution in [0.4, 0.5) is 0 Å². The summed E-state index contributed by atoms with van der Waals surface area (Å²) in [5.41, 5.74) is 1.54. The molecule has 1 nitrogen and oxygen atoms in total. The van der Waals surface area contributed by atoms with Gasteiger partial charge in [-0.05, 0) is 50.7 Å². The van der Waals surface area contributed by atoms with E-state index in [1.165, 1.54) is 0 Å². The minimum atomic E-state index is -1.04. The van der Waals surface area contributed by atoms with Gasteiger partial charge in [-0.25, -0.2) is 0 Å². The van der Waals surface area contributed by atoms with Crippen LogP contribution >= 0.6 is 0 Å². The molecule has 1 aromatic rings. The molecule has 0 aromatic heterocycles. The molecule has 0 saturated heterocycles. The van der Waals surface area contributed by atoms with E-state index in [0.29, 0.717) is 0 Å². The summed E-state index contributed by atoms with van der Waals surface area (Å²) in [6.07, 6.45) is 10.0. The maximum atomic E-state index is 10.9. The predicted molar refractivity (Wildman–Crippen MR) is 79.4 cm³/mol. The molecule has 1 aliphatic carbocycles. The molecule has 0 amide bonds. The van der Waals surface area contributed by atoms with Crippen molar-refractivity contribution in [3.63, 3.8) is 0 Å². The zero-order valence-corrected chi connectivity index (χ0v) is 11.4. The van der Waals surface area contributed by atoms with Crippen LogP contribution in [0.15, 0.2) is 54.1 Å². The molecule has 1 aliphatic rings. The molecule has 5 radical (unpaired) electrons. The van der Waals surface area contributed by atoms with Gasteiger partial charge in [0.1, 0.15) is 5.60 Å². The first kappa shape index (κ1) is 14.1. The molecule has 19 heavy (non-hydrogen) atoms. The fourth-order valence-electron chi connectivity index (χ4n) is 2.25. The smallest absolute Gasteiger partial charge is 0.112 e. The largest absolute Gasteiger partial charge is 0.381 e. The van der Waals surface area contributed by atoms with E-state index in [0.717, 1.165) is 22.6 Å². The molecule has 1 fully saturated rings. The van der Waals surface area contributed by atoms with Gasteiger partial charge in [0.15, 0.2) is 0 Å². The Morgan fingerprint density at radius 2 is 1.74 bits per heavy atom. The van der Waals surface area contributed by atoms with E-state index in [2.05, 4.69) is 6.58 Å². The normalized spacial score (nSPS) is 20.3. The Morgan fingerprint density at radius 1 is 1.16 bits per heavy atom. The molecular formula is C18H19O. The lowest BCUT2D eigenvalue weighted by molar-refractivity contribution is 0.0998. The van der Waals surface area contributed by atoms with Gasteiger partial charge in [-0.15, -0.1) is 0 Å². The van der Waals surface area contributed by atoms with Crippen molar-refractivity contribution in [2.45, 2.75) is 19.4 Å². The highest BCUT2D eigenvalue weighted by Crippen LogP contribution is 2.36. The van der Waals surface area contributed by atoms with Gasteiger partial charge in [-0.1, -0.05) is 48.6 Å². The van der Waals surface area contributed by atoms with Gasteiger partial charge >= 0.3 is 0 Å². The summed E-state index contributed by atoms with van der Waals surface area (Å²) >= 11 is 0. The van der Waals surface area contributed by atoms with E-state index in [-0.39, 0.29) is 0 Å². The third-order valence-corrected chi connectivity index (χ3v) is 3.32. The highest BCUT2D eigenvalue weighted by molar-refractivity contribution is 5.50.